The molecule has 0 unspecified atom stereocenters. The van der Waals surface area contributed by atoms with E-state index >= 15 is 0 Å². The molecule has 2 atom stereocenters. The van der Waals surface area contributed by atoms with Gasteiger partial charge in [-0.1, -0.05) is 24.3 Å². The second-order valence-electron chi connectivity index (χ2n) is 8.11. The highest BCUT2D eigenvalue weighted by molar-refractivity contribution is 5.85. The Kier molecular flexibility index (Phi) is 6.20. The number of aryl methyl sites for hydroxylation is 1. The Morgan fingerprint density at radius 1 is 1.19 bits per heavy atom. The number of hydrogen-bond acceptors (Lipinski definition) is 3. The third-order valence-electron chi connectivity index (χ3n) is 6.45. The van der Waals surface area contributed by atoms with Crippen LogP contribution in [0.1, 0.15) is 49.8 Å². The number of piperidine rings is 2. The molecular formula is C22H33N3O2. The van der Waals surface area contributed by atoms with Gasteiger partial charge in [-0.2, -0.15) is 0 Å². The van der Waals surface area contributed by atoms with E-state index in [1.54, 1.807) is 0 Å². The summed E-state index contributed by atoms with van der Waals surface area (Å²) >= 11 is 0. The van der Waals surface area contributed by atoms with Gasteiger partial charge < -0.3 is 14.7 Å². The first-order valence-corrected chi connectivity index (χ1v) is 10.2. The first-order valence-electron chi connectivity index (χ1n) is 10.2. The van der Waals surface area contributed by atoms with E-state index in [4.69, 9.17) is 0 Å². The lowest BCUT2D eigenvalue weighted by atomic mass is 9.81. The fourth-order valence-electron chi connectivity index (χ4n) is 4.71. The van der Waals surface area contributed by atoms with E-state index in [1.807, 2.05) is 35.9 Å². The first-order chi connectivity index (χ1) is 12.9. The summed E-state index contributed by atoms with van der Waals surface area (Å²) in [4.78, 5) is 32.3. The molecule has 0 aromatic heterocycles. The second-order valence-corrected chi connectivity index (χ2v) is 8.11. The van der Waals surface area contributed by atoms with Crippen molar-refractivity contribution in [2.45, 2.75) is 51.6 Å². The summed E-state index contributed by atoms with van der Waals surface area (Å²) in [5, 5.41) is 0. The fourth-order valence-corrected chi connectivity index (χ4v) is 4.71. The van der Waals surface area contributed by atoms with Gasteiger partial charge in [0.15, 0.2) is 0 Å². The van der Waals surface area contributed by atoms with Crippen molar-refractivity contribution in [2.24, 2.45) is 5.92 Å². The van der Waals surface area contributed by atoms with Crippen LogP contribution in [0.15, 0.2) is 24.3 Å². The Bertz CT molecular complexity index is 682. The molecule has 2 amide bonds. The molecule has 2 aliphatic heterocycles. The number of amides is 2. The average Bonchev–Trinajstić information content (AvgIpc) is 2.67. The van der Waals surface area contributed by atoms with Crippen LogP contribution in [0.25, 0.3) is 0 Å². The zero-order valence-corrected chi connectivity index (χ0v) is 17.1. The van der Waals surface area contributed by atoms with Crippen LogP contribution >= 0.6 is 0 Å². The van der Waals surface area contributed by atoms with Gasteiger partial charge >= 0.3 is 0 Å². The van der Waals surface area contributed by atoms with E-state index in [1.165, 1.54) is 0 Å². The summed E-state index contributed by atoms with van der Waals surface area (Å²) < 4.78 is 0. The second kappa shape index (κ2) is 8.42. The molecule has 2 aliphatic rings. The highest BCUT2D eigenvalue weighted by atomic mass is 16.2. The van der Waals surface area contributed by atoms with Crippen LogP contribution in [-0.2, 0) is 9.59 Å². The molecule has 27 heavy (non-hydrogen) atoms. The Hall–Kier alpha value is -1.88. The minimum Gasteiger partial charge on any atom is -0.342 e. The molecule has 2 heterocycles. The first kappa shape index (κ1) is 19.9. The zero-order valence-electron chi connectivity index (χ0n) is 17.1. The molecule has 5 nitrogen and oxygen atoms in total. The number of likely N-dealkylation sites (tertiary alicyclic amines) is 2. The van der Waals surface area contributed by atoms with Gasteiger partial charge in [0.25, 0.3) is 0 Å². The minimum absolute atomic E-state index is 0.154. The molecule has 1 aromatic rings. The lowest BCUT2D eigenvalue weighted by Crippen LogP contribution is -2.52. The molecule has 2 fully saturated rings. The van der Waals surface area contributed by atoms with E-state index in [9.17, 15) is 9.59 Å². The lowest BCUT2D eigenvalue weighted by Gasteiger charge is -2.44. The van der Waals surface area contributed by atoms with Crippen molar-refractivity contribution in [3.8, 4) is 0 Å². The summed E-state index contributed by atoms with van der Waals surface area (Å²) in [6, 6.07) is 8.33. The highest BCUT2D eigenvalue weighted by Crippen LogP contribution is 2.39. The van der Waals surface area contributed by atoms with Crippen LogP contribution in [0.2, 0.25) is 0 Å². The predicted molar refractivity (Wildman–Crippen MR) is 107 cm³/mol. The van der Waals surface area contributed by atoms with E-state index in [-0.39, 0.29) is 23.8 Å². The van der Waals surface area contributed by atoms with Crippen LogP contribution < -0.4 is 0 Å². The summed E-state index contributed by atoms with van der Waals surface area (Å²) in [5.41, 5.74) is 2.26. The molecule has 2 saturated heterocycles. The maximum Gasteiger partial charge on any atom is 0.228 e. The van der Waals surface area contributed by atoms with Crippen molar-refractivity contribution in [3.05, 3.63) is 35.4 Å². The highest BCUT2D eigenvalue weighted by Gasteiger charge is 2.42. The van der Waals surface area contributed by atoms with Crippen LogP contribution in [0, 0.1) is 12.8 Å². The molecule has 0 saturated carbocycles. The number of hydrogen-bond donors (Lipinski definition) is 0. The number of rotatable bonds is 4. The van der Waals surface area contributed by atoms with Gasteiger partial charge in [0.1, 0.15) is 0 Å². The van der Waals surface area contributed by atoms with Gasteiger partial charge in [-0.3, -0.25) is 9.59 Å². The molecule has 148 valence electrons. The maximum absolute atomic E-state index is 13.5. The monoisotopic (exact) mass is 371 g/mol. The molecule has 3 rings (SSSR count). The summed E-state index contributed by atoms with van der Waals surface area (Å²) in [7, 11) is 4.10. The number of benzene rings is 1. The molecule has 0 bridgehead atoms. The quantitative estimate of drug-likeness (QED) is 0.817. The molecule has 5 heteroatoms. The van der Waals surface area contributed by atoms with Gasteiger partial charge in [-0.25, -0.2) is 0 Å². The zero-order chi connectivity index (χ0) is 19.6. The molecule has 1 aromatic carbocycles. The van der Waals surface area contributed by atoms with Gasteiger partial charge in [-0.05, 0) is 64.4 Å². The lowest BCUT2D eigenvalue weighted by molar-refractivity contribution is -0.148. The third kappa shape index (κ3) is 4.03. The van der Waals surface area contributed by atoms with Crippen LogP contribution in [0.3, 0.4) is 0 Å². The number of nitrogens with zero attached hydrogens (tertiary/aromatic N) is 3. The van der Waals surface area contributed by atoms with Gasteiger partial charge in [0, 0.05) is 26.1 Å². The molecule has 0 N–H and O–H groups in total. The standard InChI is InChI=1S/C22H33N3O2/c1-5-25-20(26)11-10-19(21(25)18-9-7-6-8-16(18)2)22(27)24(4)17-12-14-23(3)15-13-17/h6-9,17,19,21H,5,10-15H2,1-4H3/t19-,21+/m1/s1. The fraction of sp³-hybridized carbons (Fsp3) is 0.636. The van der Waals surface area contributed by atoms with Crippen LogP contribution in [0.4, 0.5) is 0 Å². The summed E-state index contributed by atoms with van der Waals surface area (Å²) in [5.74, 6) is 0.203. The van der Waals surface area contributed by atoms with Crippen molar-refractivity contribution in [2.75, 3.05) is 33.7 Å². The number of carbonyl (C=O) groups is 2. The van der Waals surface area contributed by atoms with Crippen LogP contribution in [0.5, 0.6) is 0 Å². The Labute approximate surface area is 163 Å². The number of carbonyl (C=O) groups excluding carboxylic acids is 2. The van der Waals surface area contributed by atoms with Crippen LogP contribution in [-0.4, -0.2) is 66.3 Å². The van der Waals surface area contributed by atoms with Crippen molar-refractivity contribution in [3.63, 3.8) is 0 Å². The largest absolute Gasteiger partial charge is 0.342 e. The van der Waals surface area contributed by atoms with Crippen molar-refractivity contribution in [1.82, 2.24) is 14.7 Å². The van der Waals surface area contributed by atoms with Gasteiger partial charge in [0.2, 0.25) is 11.8 Å². The van der Waals surface area contributed by atoms with Crippen molar-refractivity contribution < 1.29 is 9.59 Å². The Balaban J connectivity index is 1.88. The topological polar surface area (TPSA) is 43.9 Å². The maximum atomic E-state index is 13.5. The molecule has 0 spiro atoms. The van der Waals surface area contributed by atoms with Gasteiger partial charge in [0.05, 0.1) is 12.0 Å². The normalized spacial score (nSPS) is 24.9. The predicted octanol–water partition coefficient (Wildman–Crippen LogP) is 2.85. The van der Waals surface area contributed by atoms with E-state index in [2.05, 4.69) is 31.0 Å². The Morgan fingerprint density at radius 2 is 1.85 bits per heavy atom. The summed E-state index contributed by atoms with van der Waals surface area (Å²) in [6.07, 6.45) is 3.16. The summed E-state index contributed by atoms with van der Waals surface area (Å²) in [6.45, 7) is 6.79. The SMILES string of the molecule is CCN1C(=O)CC[C@@H](C(=O)N(C)C2CCN(C)CC2)[C@@H]1c1ccccc1C. The van der Waals surface area contributed by atoms with E-state index < -0.39 is 0 Å². The van der Waals surface area contributed by atoms with E-state index in [0.717, 1.165) is 37.1 Å². The molecule has 0 aliphatic carbocycles. The average molecular weight is 372 g/mol. The van der Waals surface area contributed by atoms with E-state index in [0.29, 0.717) is 25.4 Å². The third-order valence-corrected chi connectivity index (χ3v) is 6.45. The molecular weight excluding hydrogens is 338 g/mol. The minimum atomic E-state index is -0.159. The molecule has 0 radical (unpaired) electrons. The Morgan fingerprint density at radius 3 is 2.48 bits per heavy atom. The van der Waals surface area contributed by atoms with Crippen molar-refractivity contribution >= 4 is 11.8 Å². The van der Waals surface area contributed by atoms with Gasteiger partial charge in [-0.15, -0.1) is 0 Å². The smallest absolute Gasteiger partial charge is 0.228 e. The van der Waals surface area contributed by atoms with Crippen molar-refractivity contribution in [1.29, 1.82) is 0 Å².